The molecule has 12 heteroatoms. The van der Waals surface area contributed by atoms with E-state index in [1.807, 2.05) is 18.4 Å². The summed E-state index contributed by atoms with van der Waals surface area (Å²) in [6, 6.07) is 15.6. The molecule has 0 radical (unpaired) electrons. The highest BCUT2D eigenvalue weighted by atomic mass is 32.1. The lowest BCUT2D eigenvalue weighted by Gasteiger charge is -2.19. The van der Waals surface area contributed by atoms with Crippen LogP contribution in [0.5, 0.6) is 5.75 Å². The predicted molar refractivity (Wildman–Crippen MR) is 188 cm³/mol. The fourth-order valence-corrected chi connectivity index (χ4v) is 6.58. The molecule has 3 aromatic heterocycles. The number of pyridine rings is 1. The highest BCUT2D eigenvalue weighted by Gasteiger charge is 2.27. The molecule has 0 unspecified atom stereocenters. The zero-order valence-electron chi connectivity index (χ0n) is 27.8. The monoisotopic (exact) mass is 680 g/mol. The first-order valence-electron chi connectivity index (χ1n) is 15.9. The van der Waals surface area contributed by atoms with Gasteiger partial charge in [0.25, 0.3) is 11.8 Å². The highest BCUT2D eigenvalue weighted by molar-refractivity contribution is 7.13. The van der Waals surface area contributed by atoms with E-state index < -0.39 is 29.5 Å². The second-order valence-electron chi connectivity index (χ2n) is 12.5. The van der Waals surface area contributed by atoms with E-state index in [1.54, 1.807) is 80.8 Å². The fraction of sp³-hybridized carbons (Fsp3) is 0.270. The largest absolute Gasteiger partial charge is 0.493 e. The quantitative estimate of drug-likeness (QED) is 0.171. The van der Waals surface area contributed by atoms with Gasteiger partial charge in [-0.05, 0) is 92.7 Å². The molecule has 0 atom stereocenters. The molecule has 1 aliphatic heterocycles. The molecule has 0 bridgehead atoms. The number of amides is 2. The van der Waals surface area contributed by atoms with Gasteiger partial charge in [-0.15, -0.1) is 11.3 Å². The van der Waals surface area contributed by atoms with Crippen molar-refractivity contribution in [3.05, 3.63) is 88.7 Å². The van der Waals surface area contributed by atoms with Crippen LogP contribution in [0.25, 0.3) is 32.5 Å². The number of nitrogens with one attached hydrogen (secondary N) is 2. The Morgan fingerprint density at radius 2 is 1.80 bits per heavy atom. The Hall–Kier alpha value is -5.49. The summed E-state index contributed by atoms with van der Waals surface area (Å²) < 4.78 is 18.2. The molecule has 252 valence electrons. The van der Waals surface area contributed by atoms with Crippen LogP contribution in [0.3, 0.4) is 0 Å². The van der Waals surface area contributed by atoms with Crippen molar-refractivity contribution < 1.29 is 33.4 Å². The summed E-state index contributed by atoms with van der Waals surface area (Å²) in [4.78, 5) is 58.3. The van der Waals surface area contributed by atoms with Crippen LogP contribution in [0.4, 0.5) is 10.5 Å². The molecule has 49 heavy (non-hydrogen) atoms. The Bertz CT molecular complexity index is 2110. The van der Waals surface area contributed by atoms with Crippen LogP contribution >= 0.6 is 11.3 Å². The second-order valence-corrected chi connectivity index (χ2v) is 13.4. The van der Waals surface area contributed by atoms with E-state index in [-0.39, 0.29) is 17.0 Å². The van der Waals surface area contributed by atoms with E-state index in [9.17, 15) is 19.2 Å². The Balaban J connectivity index is 1.44. The van der Waals surface area contributed by atoms with Gasteiger partial charge in [0.2, 0.25) is 0 Å². The lowest BCUT2D eigenvalue weighted by atomic mass is 9.93. The van der Waals surface area contributed by atoms with Crippen LogP contribution in [-0.4, -0.2) is 59.3 Å². The first-order chi connectivity index (χ1) is 23.5. The number of carbonyl (C=O) groups excluding carboxylic acids is 4. The number of ether oxygens (including phenoxy) is 3. The molecule has 2 aromatic carbocycles. The standard InChI is InChI=1S/C37H36N4O7S/c1-6-14-38-34(43)28-9-8-24(31(40-28)35(44)46-5)25-20-30-27(32-21(12-16-47-30)13-17-49-32)19-26(25)33(42)39-23-7-10-29-22(18-23)11-15-41(29)36(45)48-37(2,3)4/h7-11,13,15,17-20H,6,12,14,16H2,1-5H3,(H,38,43)(H,39,42). The molecular weight excluding hydrogens is 644 g/mol. The molecule has 2 amide bonds. The van der Waals surface area contributed by atoms with Crippen molar-refractivity contribution in [2.24, 2.45) is 0 Å². The van der Waals surface area contributed by atoms with Gasteiger partial charge in [-0.2, -0.15) is 0 Å². The van der Waals surface area contributed by atoms with Crippen molar-refractivity contribution in [3.63, 3.8) is 0 Å². The van der Waals surface area contributed by atoms with Crippen LogP contribution in [0.1, 0.15) is 71.0 Å². The van der Waals surface area contributed by atoms with Gasteiger partial charge < -0.3 is 24.8 Å². The molecule has 0 spiro atoms. The lowest BCUT2D eigenvalue weighted by Crippen LogP contribution is -2.26. The summed E-state index contributed by atoms with van der Waals surface area (Å²) in [6.45, 7) is 8.22. The number of fused-ring (bicyclic) bond motifs is 4. The molecule has 5 aromatic rings. The molecule has 0 aliphatic carbocycles. The number of hydrogen-bond donors (Lipinski definition) is 2. The maximum absolute atomic E-state index is 14.3. The van der Waals surface area contributed by atoms with E-state index in [4.69, 9.17) is 14.2 Å². The molecule has 4 heterocycles. The van der Waals surface area contributed by atoms with Gasteiger partial charge in [-0.25, -0.2) is 14.6 Å². The van der Waals surface area contributed by atoms with Crippen molar-refractivity contribution in [3.8, 4) is 27.3 Å². The van der Waals surface area contributed by atoms with Crippen LogP contribution < -0.4 is 15.4 Å². The lowest BCUT2D eigenvalue weighted by molar-refractivity contribution is 0.0542. The molecule has 2 N–H and O–H groups in total. The smallest absolute Gasteiger partial charge is 0.418 e. The maximum atomic E-state index is 14.3. The van der Waals surface area contributed by atoms with Gasteiger partial charge in [-0.3, -0.25) is 14.2 Å². The van der Waals surface area contributed by atoms with Crippen molar-refractivity contribution >= 4 is 51.8 Å². The number of carbonyl (C=O) groups is 4. The zero-order valence-corrected chi connectivity index (χ0v) is 28.7. The van der Waals surface area contributed by atoms with Crippen molar-refractivity contribution in [1.29, 1.82) is 0 Å². The summed E-state index contributed by atoms with van der Waals surface area (Å²) in [6.07, 6.45) is 2.55. The van der Waals surface area contributed by atoms with Gasteiger partial charge >= 0.3 is 12.1 Å². The summed E-state index contributed by atoms with van der Waals surface area (Å²) in [5.41, 5.74) is 3.18. The van der Waals surface area contributed by atoms with E-state index in [0.717, 1.165) is 27.8 Å². The van der Waals surface area contributed by atoms with Gasteiger partial charge in [0, 0.05) is 57.4 Å². The number of aromatic nitrogens is 2. The Kier molecular flexibility index (Phi) is 9.24. The Morgan fingerprint density at radius 1 is 0.980 bits per heavy atom. The number of hydrogen-bond acceptors (Lipinski definition) is 9. The number of rotatable bonds is 7. The molecule has 0 fully saturated rings. The third kappa shape index (κ3) is 6.91. The van der Waals surface area contributed by atoms with Crippen LogP contribution in [0, 0.1) is 0 Å². The number of nitrogens with zero attached hydrogens (tertiary/aromatic N) is 2. The Labute approximate surface area is 287 Å². The van der Waals surface area contributed by atoms with E-state index >= 15 is 0 Å². The van der Waals surface area contributed by atoms with Crippen molar-refractivity contribution in [2.45, 2.75) is 46.1 Å². The zero-order chi connectivity index (χ0) is 34.9. The Morgan fingerprint density at radius 3 is 2.55 bits per heavy atom. The highest BCUT2D eigenvalue weighted by Crippen LogP contribution is 2.43. The summed E-state index contributed by atoms with van der Waals surface area (Å²) in [5, 5.41) is 8.49. The molecule has 11 nitrogen and oxygen atoms in total. The SMILES string of the molecule is CCCNC(=O)c1ccc(-c2cc3c(cc2C(=O)Nc2ccc4c(ccn4C(=O)OC(C)(C)C)c2)-c2sccc2CCO3)c(C(=O)OC)n1. The topological polar surface area (TPSA) is 138 Å². The third-order valence-corrected chi connectivity index (χ3v) is 8.85. The molecule has 0 saturated heterocycles. The van der Waals surface area contributed by atoms with Gasteiger partial charge in [0.15, 0.2) is 5.69 Å². The first kappa shape index (κ1) is 33.4. The van der Waals surface area contributed by atoms with Crippen LogP contribution in [0.15, 0.2) is 66.2 Å². The first-order valence-corrected chi connectivity index (χ1v) is 16.8. The molecule has 0 saturated carbocycles. The van der Waals surface area contributed by atoms with Gasteiger partial charge in [0.05, 0.1) is 19.2 Å². The predicted octanol–water partition coefficient (Wildman–Crippen LogP) is 7.33. The number of benzene rings is 2. The van der Waals surface area contributed by atoms with E-state index in [2.05, 4.69) is 15.6 Å². The van der Waals surface area contributed by atoms with Crippen LogP contribution in [0.2, 0.25) is 0 Å². The molecule has 1 aliphatic rings. The number of methoxy groups -OCH3 is 1. The third-order valence-electron chi connectivity index (χ3n) is 7.86. The molecular formula is C37H36N4O7S. The maximum Gasteiger partial charge on any atom is 0.418 e. The van der Waals surface area contributed by atoms with Crippen molar-refractivity contribution in [2.75, 3.05) is 25.6 Å². The molecule has 6 rings (SSSR count). The van der Waals surface area contributed by atoms with Crippen LogP contribution in [-0.2, 0) is 15.9 Å². The fourth-order valence-electron chi connectivity index (χ4n) is 5.60. The average Bonchev–Trinajstić information content (AvgIpc) is 3.68. The summed E-state index contributed by atoms with van der Waals surface area (Å²) >= 11 is 1.56. The minimum atomic E-state index is -0.761. The van der Waals surface area contributed by atoms with Gasteiger partial charge in [0.1, 0.15) is 17.0 Å². The average molecular weight is 681 g/mol. The minimum Gasteiger partial charge on any atom is -0.493 e. The summed E-state index contributed by atoms with van der Waals surface area (Å²) in [5.74, 6) is -1.09. The van der Waals surface area contributed by atoms with Gasteiger partial charge in [-0.1, -0.05) is 6.92 Å². The normalized spacial score (nSPS) is 12.3. The number of anilines is 1. The second kappa shape index (κ2) is 13.6. The minimum absolute atomic E-state index is 0.0458. The van der Waals surface area contributed by atoms with E-state index in [0.29, 0.717) is 47.7 Å². The number of thiophene rings is 1. The number of esters is 1. The summed E-state index contributed by atoms with van der Waals surface area (Å²) in [7, 11) is 1.23. The van der Waals surface area contributed by atoms with Crippen molar-refractivity contribution in [1.82, 2.24) is 14.9 Å². The van der Waals surface area contributed by atoms with E-state index in [1.165, 1.54) is 17.7 Å².